The average Bonchev–Trinajstić information content (AvgIpc) is 3.31. The van der Waals surface area contributed by atoms with Crippen LogP contribution in [0.15, 0.2) is 51.6 Å². The van der Waals surface area contributed by atoms with E-state index in [1.54, 1.807) is 30.5 Å². The first-order valence-electron chi connectivity index (χ1n) is 8.50. The first-order valence-corrected chi connectivity index (χ1v) is 8.50. The third-order valence-electron chi connectivity index (χ3n) is 4.14. The lowest BCUT2D eigenvalue weighted by atomic mass is 10.0. The minimum atomic E-state index is -0.225. The number of hydrogen-bond acceptors (Lipinski definition) is 6. The van der Waals surface area contributed by atoms with Crippen molar-refractivity contribution in [2.75, 3.05) is 5.32 Å². The molecule has 3 aromatic rings. The molecule has 0 unspecified atom stereocenters. The number of rotatable bonds is 7. The summed E-state index contributed by atoms with van der Waals surface area (Å²) in [5.41, 5.74) is 1.25. The fourth-order valence-corrected chi connectivity index (χ4v) is 2.22. The van der Waals surface area contributed by atoms with Crippen LogP contribution in [0.3, 0.4) is 0 Å². The highest BCUT2D eigenvalue weighted by molar-refractivity contribution is 5.95. The smallest absolute Gasteiger partial charge is 0.251 e. The Hall–Kier alpha value is -3.09. The van der Waals surface area contributed by atoms with Gasteiger partial charge in [-0.15, -0.1) is 0 Å². The van der Waals surface area contributed by atoms with Gasteiger partial charge in [0.1, 0.15) is 0 Å². The van der Waals surface area contributed by atoms with Crippen molar-refractivity contribution in [3.8, 4) is 11.6 Å². The maximum absolute atomic E-state index is 12.3. The van der Waals surface area contributed by atoms with Crippen molar-refractivity contribution < 1.29 is 13.7 Å². The first kappa shape index (κ1) is 17.7. The molecule has 0 aliphatic carbocycles. The van der Waals surface area contributed by atoms with Crippen molar-refractivity contribution in [1.29, 1.82) is 0 Å². The van der Waals surface area contributed by atoms with Gasteiger partial charge in [0.15, 0.2) is 5.76 Å². The van der Waals surface area contributed by atoms with Crippen molar-refractivity contribution in [2.24, 2.45) is 0 Å². The molecule has 7 nitrogen and oxygen atoms in total. The van der Waals surface area contributed by atoms with Crippen LogP contribution < -0.4 is 10.6 Å². The van der Waals surface area contributed by atoms with E-state index < -0.39 is 0 Å². The van der Waals surface area contributed by atoms with Crippen LogP contribution in [0.2, 0.25) is 0 Å². The second kappa shape index (κ2) is 7.43. The van der Waals surface area contributed by atoms with Gasteiger partial charge in [0.2, 0.25) is 11.7 Å². The maximum atomic E-state index is 12.3. The quantitative estimate of drug-likeness (QED) is 0.669. The summed E-state index contributed by atoms with van der Waals surface area (Å²) in [4.78, 5) is 16.5. The number of benzene rings is 1. The average molecular weight is 354 g/mol. The van der Waals surface area contributed by atoms with Gasteiger partial charge in [-0.1, -0.05) is 12.1 Å². The summed E-state index contributed by atoms with van der Waals surface area (Å²) in [6.07, 6.45) is 2.42. The lowest BCUT2D eigenvalue weighted by molar-refractivity contribution is 0.0911. The van der Waals surface area contributed by atoms with E-state index in [9.17, 15) is 4.79 Å². The molecule has 26 heavy (non-hydrogen) atoms. The van der Waals surface area contributed by atoms with Crippen LogP contribution in [0.25, 0.3) is 11.6 Å². The normalized spacial score (nSPS) is 11.3. The second-order valence-corrected chi connectivity index (χ2v) is 6.61. The van der Waals surface area contributed by atoms with E-state index in [1.807, 2.05) is 32.9 Å². The van der Waals surface area contributed by atoms with E-state index in [-0.39, 0.29) is 11.4 Å². The molecule has 2 aromatic heterocycles. The molecule has 0 saturated carbocycles. The van der Waals surface area contributed by atoms with E-state index >= 15 is 0 Å². The number of hydrogen-bond donors (Lipinski definition) is 2. The van der Waals surface area contributed by atoms with Crippen molar-refractivity contribution in [3.63, 3.8) is 0 Å². The van der Waals surface area contributed by atoms with E-state index in [1.165, 1.54) is 0 Å². The van der Waals surface area contributed by atoms with E-state index in [0.717, 1.165) is 12.1 Å². The molecule has 0 spiro atoms. The van der Waals surface area contributed by atoms with Gasteiger partial charge in [0.25, 0.3) is 5.91 Å². The Balaban J connectivity index is 1.57. The highest BCUT2D eigenvalue weighted by Gasteiger charge is 2.18. The molecule has 0 radical (unpaired) electrons. The highest BCUT2D eigenvalue weighted by Crippen LogP contribution is 2.17. The lowest BCUT2D eigenvalue weighted by Crippen LogP contribution is -2.42. The number of furan rings is 1. The predicted octanol–water partition coefficient (Wildman–Crippen LogP) is 3.86. The molecular weight excluding hydrogens is 332 g/mol. The molecule has 0 fully saturated rings. The molecule has 3 rings (SSSR count). The summed E-state index contributed by atoms with van der Waals surface area (Å²) >= 11 is 0. The van der Waals surface area contributed by atoms with E-state index in [2.05, 4.69) is 20.8 Å². The van der Waals surface area contributed by atoms with Crippen LogP contribution in [0.4, 0.5) is 5.69 Å². The molecule has 1 aromatic carbocycles. The Kier molecular flexibility index (Phi) is 5.06. The Bertz CT molecular complexity index is 851. The Morgan fingerprint density at radius 1 is 1.19 bits per heavy atom. The molecule has 2 heterocycles. The van der Waals surface area contributed by atoms with Crippen molar-refractivity contribution >= 4 is 11.6 Å². The molecule has 0 aliphatic rings. The SMILES string of the molecule is CCC(C)(C)NC(=O)c1ccc(NCc2nc(-c3ccco3)no2)cc1. The minimum absolute atomic E-state index is 0.0802. The molecule has 0 saturated heterocycles. The van der Waals surface area contributed by atoms with Gasteiger partial charge in [-0.3, -0.25) is 4.79 Å². The summed E-state index contributed by atoms with van der Waals surface area (Å²) in [6, 6.07) is 10.8. The Morgan fingerprint density at radius 2 is 1.96 bits per heavy atom. The van der Waals surface area contributed by atoms with Crippen LogP contribution in [0, 0.1) is 0 Å². The lowest BCUT2D eigenvalue weighted by Gasteiger charge is -2.24. The monoisotopic (exact) mass is 354 g/mol. The summed E-state index contributed by atoms with van der Waals surface area (Å²) in [6.45, 7) is 6.43. The van der Waals surface area contributed by atoms with Crippen LogP contribution in [-0.2, 0) is 6.54 Å². The Labute approximate surface area is 151 Å². The molecule has 1 amide bonds. The van der Waals surface area contributed by atoms with Crippen LogP contribution in [0.1, 0.15) is 43.4 Å². The topological polar surface area (TPSA) is 93.2 Å². The fraction of sp³-hybridized carbons (Fsp3) is 0.316. The molecule has 0 bridgehead atoms. The number of carbonyl (C=O) groups is 1. The predicted molar refractivity (Wildman–Crippen MR) is 97.6 cm³/mol. The summed E-state index contributed by atoms with van der Waals surface area (Å²) in [5, 5.41) is 10.1. The van der Waals surface area contributed by atoms with E-state index in [0.29, 0.717) is 29.6 Å². The zero-order valence-corrected chi connectivity index (χ0v) is 15.1. The molecular formula is C19H22N4O3. The third kappa shape index (κ3) is 4.30. The number of carbonyl (C=O) groups excluding carboxylic acids is 1. The molecule has 136 valence electrons. The summed E-state index contributed by atoms with van der Waals surface area (Å²) in [5.74, 6) is 1.34. The molecule has 2 N–H and O–H groups in total. The van der Waals surface area contributed by atoms with Gasteiger partial charge < -0.3 is 19.6 Å². The van der Waals surface area contributed by atoms with E-state index in [4.69, 9.17) is 8.94 Å². The van der Waals surface area contributed by atoms with Gasteiger partial charge in [-0.25, -0.2) is 0 Å². The van der Waals surface area contributed by atoms with Crippen LogP contribution in [-0.4, -0.2) is 21.6 Å². The zero-order chi connectivity index (χ0) is 18.6. The number of nitrogens with one attached hydrogen (secondary N) is 2. The summed E-state index contributed by atoms with van der Waals surface area (Å²) < 4.78 is 10.4. The third-order valence-corrected chi connectivity index (χ3v) is 4.14. The molecule has 7 heteroatoms. The molecule has 0 aliphatic heterocycles. The number of anilines is 1. The number of amides is 1. The van der Waals surface area contributed by atoms with Crippen molar-refractivity contribution in [1.82, 2.24) is 15.5 Å². The van der Waals surface area contributed by atoms with Gasteiger partial charge in [0.05, 0.1) is 12.8 Å². The van der Waals surface area contributed by atoms with Crippen molar-refractivity contribution in [3.05, 3.63) is 54.1 Å². The zero-order valence-electron chi connectivity index (χ0n) is 15.1. The van der Waals surface area contributed by atoms with Crippen LogP contribution in [0.5, 0.6) is 0 Å². The van der Waals surface area contributed by atoms with Gasteiger partial charge in [-0.2, -0.15) is 4.98 Å². The standard InChI is InChI=1S/C19H22N4O3/c1-4-19(2,3)22-18(24)13-7-9-14(10-8-13)20-12-16-21-17(23-26-16)15-6-5-11-25-15/h5-11,20H,4,12H2,1-3H3,(H,22,24). The van der Waals surface area contributed by atoms with Crippen LogP contribution >= 0.6 is 0 Å². The first-order chi connectivity index (χ1) is 12.5. The minimum Gasteiger partial charge on any atom is -0.461 e. The largest absolute Gasteiger partial charge is 0.461 e. The Morgan fingerprint density at radius 3 is 2.62 bits per heavy atom. The fourth-order valence-electron chi connectivity index (χ4n) is 2.22. The van der Waals surface area contributed by atoms with Gasteiger partial charge >= 0.3 is 0 Å². The summed E-state index contributed by atoms with van der Waals surface area (Å²) in [7, 11) is 0. The highest BCUT2D eigenvalue weighted by atomic mass is 16.5. The van der Waals surface area contributed by atoms with Gasteiger partial charge in [-0.05, 0) is 56.7 Å². The number of aromatic nitrogens is 2. The molecule has 0 atom stereocenters. The maximum Gasteiger partial charge on any atom is 0.251 e. The van der Waals surface area contributed by atoms with Crippen molar-refractivity contribution in [2.45, 2.75) is 39.3 Å². The second-order valence-electron chi connectivity index (χ2n) is 6.61. The number of nitrogens with zero attached hydrogens (tertiary/aromatic N) is 2. The van der Waals surface area contributed by atoms with Gasteiger partial charge in [0, 0.05) is 16.8 Å².